The lowest BCUT2D eigenvalue weighted by atomic mass is 10.3. The summed E-state index contributed by atoms with van der Waals surface area (Å²) < 4.78 is 0. The number of fused-ring (bicyclic) bond motifs is 2. The van der Waals surface area contributed by atoms with Gasteiger partial charge in [0.1, 0.15) is 0 Å². The summed E-state index contributed by atoms with van der Waals surface area (Å²) >= 11 is 0. The summed E-state index contributed by atoms with van der Waals surface area (Å²) in [6.45, 7) is 23.2. The first-order valence-corrected chi connectivity index (χ1v) is 23.7. The fourth-order valence-corrected chi connectivity index (χ4v) is 38.0. The third-order valence-corrected chi connectivity index (χ3v) is 37.9. The van der Waals surface area contributed by atoms with E-state index in [4.69, 9.17) is 0 Å². The summed E-state index contributed by atoms with van der Waals surface area (Å²) in [5.74, 6) is 0. The van der Waals surface area contributed by atoms with Gasteiger partial charge in [-0.05, 0) is 5.16 Å². The molecular formula is C26H50Si4. The standard InChI is InChI=1S/C26H50Si4/c1-10-27(11-2)18-19-28(12-3,13-4)24-21-26-25(20-23(24)27)29(14-5,15-6)22(9)30(26,16-7)17-8/h20-22H,10-19H2,1-9H3. The molecule has 0 saturated carbocycles. The highest BCUT2D eigenvalue weighted by Crippen LogP contribution is 2.45. The average Bonchev–Trinajstić information content (AvgIpc) is 3.01. The maximum Gasteiger partial charge on any atom is 0.0865 e. The molecule has 0 unspecified atom stereocenters. The molecule has 0 aliphatic carbocycles. The van der Waals surface area contributed by atoms with Crippen molar-refractivity contribution in [3.05, 3.63) is 12.1 Å². The monoisotopic (exact) mass is 474 g/mol. The van der Waals surface area contributed by atoms with E-state index in [0.29, 0.717) is 0 Å². The fourth-order valence-electron chi connectivity index (χ4n) is 8.50. The molecule has 30 heavy (non-hydrogen) atoms. The van der Waals surface area contributed by atoms with Crippen LogP contribution < -0.4 is 20.7 Å². The molecule has 3 rings (SSSR count). The highest BCUT2D eigenvalue weighted by atomic mass is 28.4. The second-order valence-electron chi connectivity index (χ2n) is 10.9. The van der Waals surface area contributed by atoms with E-state index in [2.05, 4.69) is 74.4 Å². The van der Waals surface area contributed by atoms with Crippen LogP contribution in [0.1, 0.15) is 62.3 Å². The fraction of sp³-hybridized carbons (Fsp3) is 0.769. The maximum absolute atomic E-state index is 2.99. The zero-order chi connectivity index (χ0) is 22.4. The lowest BCUT2D eigenvalue weighted by molar-refractivity contribution is 1.08. The van der Waals surface area contributed by atoms with Gasteiger partial charge >= 0.3 is 0 Å². The Morgan fingerprint density at radius 3 is 1.07 bits per heavy atom. The van der Waals surface area contributed by atoms with E-state index in [9.17, 15) is 0 Å². The second-order valence-corrected chi connectivity index (χ2v) is 31.7. The molecule has 0 bridgehead atoms. The van der Waals surface area contributed by atoms with E-state index in [1.54, 1.807) is 12.1 Å². The number of hydrogen-bond acceptors (Lipinski definition) is 0. The molecule has 1 aromatic carbocycles. The largest absolute Gasteiger partial charge is 0.0865 e. The summed E-state index contributed by atoms with van der Waals surface area (Å²) in [7, 11) is -5.43. The maximum atomic E-state index is 2.99. The number of benzene rings is 1. The minimum absolute atomic E-state index is 1.03. The molecule has 2 aliphatic rings. The van der Waals surface area contributed by atoms with Crippen molar-refractivity contribution in [1.29, 1.82) is 0 Å². The van der Waals surface area contributed by atoms with Crippen LogP contribution in [0.3, 0.4) is 0 Å². The molecule has 2 heterocycles. The van der Waals surface area contributed by atoms with Crippen LogP contribution in [0.25, 0.3) is 0 Å². The zero-order valence-corrected chi connectivity index (χ0v) is 25.8. The van der Waals surface area contributed by atoms with E-state index in [1.807, 2.05) is 20.7 Å². The molecule has 0 radical (unpaired) electrons. The van der Waals surface area contributed by atoms with Crippen LogP contribution in [-0.4, -0.2) is 32.3 Å². The third kappa shape index (κ3) is 2.99. The Bertz CT molecular complexity index is 690. The molecule has 0 nitrogen and oxygen atoms in total. The van der Waals surface area contributed by atoms with E-state index in [0.717, 1.165) is 5.16 Å². The van der Waals surface area contributed by atoms with Gasteiger partial charge in [0.2, 0.25) is 0 Å². The first-order valence-electron chi connectivity index (χ1n) is 13.5. The highest BCUT2D eigenvalue weighted by molar-refractivity contribution is 7.18. The summed E-state index contributed by atoms with van der Waals surface area (Å²) in [5, 5.41) is 9.06. The first-order chi connectivity index (χ1) is 14.3. The highest BCUT2D eigenvalue weighted by Gasteiger charge is 2.58. The second kappa shape index (κ2) is 8.79. The number of hydrogen-bond donors (Lipinski definition) is 0. The van der Waals surface area contributed by atoms with Crippen molar-refractivity contribution in [2.24, 2.45) is 0 Å². The van der Waals surface area contributed by atoms with Crippen LogP contribution in [0.2, 0.25) is 65.6 Å². The summed E-state index contributed by atoms with van der Waals surface area (Å²) in [6.07, 6.45) is 0. The van der Waals surface area contributed by atoms with Gasteiger partial charge in [-0.15, -0.1) is 0 Å². The summed E-state index contributed by atoms with van der Waals surface area (Å²) in [6, 6.07) is 21.0. The van der Waals surface area contributed by atoms with Gasteiger partial charge in [-0.3, -0.25) is 0 Å². The molecule has 170 valence electrons. The molecule has 0 aromatic heterocycles. The summed E-state index contributed by atoms with van der Waals surface area (Å²) in [4.78, 5) is 0. The zero-order valence-electron chi connectivity index (χ0n) is 21.8. The van der Waals surface area contributed by atoms with Gasteiger partial charge in [-0.2, -0.15) is 0 Å². The van der Waals surface area contributed by atoms with Crippen LogP contribution in [0.15, 0.2) is 12.1 Å². The molecule has 1 aromatic rings. The van der Waals surface area contributed by atoms with Crippen molar-refractivity contribution in [2.45, 2.75) is 128 Å². The number of rotatable bonds is 8. The smallest absolute Gasteiger partial charge is 0.0675 e. The van der Waals surface area contributed by atoms with E-state index in [-0.39, 0.29) is 0 Å². The molecular weight excluding hydrogens is 425 g/mol. The summed E-state index contributed by atoms with van der Waals surface area (Å²) in [5.41, 5.74) is 0. The van der Waals surface area contributed by atoms with E-state index in [1.165, 1.54) is 48.4 Å². The Morgan fingerprint density at radius 1 is 0.533 bits per heavy atom. The minimum Gasteiger partial charge on any atom is -0.0675 e. The quantitative estimate of drug-likeness (QED) is 0.381. The Balaban J connectivity index is 2.44. The van der Waals surface area contributed by atoms with E-state index < -0.39 is 32.3 Å². The van der Waals surface area contributed by atoms with Gasteiger partial charge < -0.3 is 0 Å². The van der Waals surface area contributed by atoms with Gasteiger partial charge in [0.05, 0.1) is 32.3 Å². The Morgan fingerprint density at radius 2 is 0.833 bits per heavy atom. The predicted molar refractivity (Wildman–Crippen MR) is 151 cm³/mol. The lowest BCUT2D eigenvalue weighted by Gasteiger charge is -2.46. The molecule has 0 saturated heterocycles. The molecule has 0 amide bonds. The average molecular weight is 475 g/mol. The molecule has 0 N–H and O–H groups in total. The first kappa shape index (κ1) is 24.7. The van der Waals surface area contributed by atoms with Crippen LogP contribution >= 0.6 is 0 Å². The van der Waals surface area contributed by atoms with Crippen LogP contribution in [0, 0.1) is 0 Å². The molecule has 2 aliphatic heterocycles. The molecule has 0 fully saturated rings. The van der Waals surface area contributed by atoms with Crippen molar-refractivity contribution in [3.8, 4) is 0 Å². The molecule has 0 spiro atoms. The SMILES string of the molecule is CC[Si]1(CC)CC[Si](CC)(CC)c2cc3c(cc21)[Si](CC)(CC)C(C)[Si]3(CC)CC. The van der Waals surface area contributed by atoms with Crippen molar-refractivity contribution in [2.75, 3.05) is 0 Å². The van der Waals surface area contributed by atoms with Crippen LogP contribution in [-0.2, 0) is 0 Å². The molecule has 4 heteroatoms. The van der Waals surface area contributed by atoms with Gasteiger partial charge in [0.25, 0.3) is 0 Å². The normalized spacial score (nSPS) is 23.2. The van der Waals surface area contributed by atoms with Gasteiger partial charge in [-0.1, -0.05) is 156 Å². The molecule has 0 atom stereocenters. The Labute approximate surface area is 192 Å². The lowest BCUT2D eigenvalue weighted by Crippen LogP contribution is -2.70. The topological polar surface area (TPSA) is 0 Å². The van der Waals surface area contributed by atoms with E-state index >= 15 is 0 Å². The van der Waals surface area contributed by atoms with Crippen molar-refractivity contribution >= 4 is 53.0 Å². The van der Waals surface area contributed by atoms with Crippen LogP contribution in [0.5, 0.6) is 0 Å². The van der Waals surface area contributed by atoms with Crippen LogP contribution in [0.4, 0.5) is 0 Å². The Hall–Kier alpha value is 0.0875. The van der Waals surface area contributed by atoms with Crippen molar-refractivity contribution in [1.82, 2.24) is 0 Å². The van der Waals surface area contributed by atoms with Gasteiger partial charge in [0.15, 0.2) is 0 Å². The van der Waals surface area contributed by atoms with Gasteiger partial charge in [0, 0.05) is 0 Å². The third-order valence-electron chi connectivity index (χ3n) is 11.3. The van der Waals surface area contributed by atoms with Crippen molar-refractivity contribution < 1.29 is 0 Å². The Kier molecular flexibility index (Phi) is 7.25. The van der Waals surface area contributed by atoms with Crippen molar-refractivity contribution in [3.63, 3.8) is 0 Å². The minimum atomic E-state index is -1.40. The van der Waals surface area contributed by atoms with Gasteiger partial charge in [-0.25, -0.2) is 0 Å². The predicted octanol–water partition coefficient (Wildman–Crippen LogP) is 6.43.